The second-order valence-corrected chi connectivity index (χ2v) is 3.39. The molecular formula is C8H15N. The predicted molar refractivity (Wildman–Crippen MR) is 38.2 cm³/mol. The van der Waals surface area contributed by atoms with E-state index < -0.39 is 0 Å². The van der Waals surface area contributed by atoms with Crippen molar-refractivity contribution >= 4 is 0 Å². The fourth-order valence-electron chi connectivity index (χ4n) is 2.40. The quantitative estimate of drug-likeness (QED) is 0.556. The van der Waals surface area contributed by atoms with Crippen molar-refractivity contribution < 1.29 is 0 Å². The topological polar surface area (TPSA) is 12.0 Å². The van der Waals surface area contributed by atoms with Crippen LogP contribution in [0.15, 0.2) is 0 Å². The average Bonchev–Trinajstić information content (AvgIpc) is 2.60. The van der Waals surface area contributed by atoms with Crippen molar-refractivity contribution in [3.63, 3.8) is 0 Å². The van der Waals surface area contributed by atoms with E-state index in [0.29, 0.717) is 0 Å². The first-order chi connectivity index (χ1) is 4.43. The lowest BCUT2D eigenvalue weighted by molar-refractivity contribution is 0.497. The predicted octanol–water partition coefficient (Wildman–Crippen LogP) is 1.25. The summed E-state index contributed by atoms with van der Waals surface area (Å²) in [5.41, 5.74) is 0. The first-order valence-electron chi connectivity index (χ1n) is 4.14. The minimum atomic E-state index is 1.07. The van der Waals surface area contributed by atoms with Gasteiger partial charge in [-0.3, -0.25) is 0 Å². The van der Waals surface area contributed by atoms with Gasteiger partial charge in [0.1, 0.15) is 0 Å². The van der Waals surface area contributed by atoms with E-state index in [4.69, 9.17) is 0 Å². The van der Waals surface area contributed by atoms with Gasteiger partial charge in [0.15, 0.2) is 0 Å². The van der Waals surface area contributed by atoms with E-state index in [-0.39, 0.29) is 0 Å². The zero-order valence-electron chi connectivity index (χ0n) is 6.06. The molecule has 1 aliphatic heterocycles. The molecule has 3 atom stereocenters. The third kappa shape index (κ3) is 0.787. The van der Waals surface area contributed by atoms with Gasteiger partial charge >= 0.3 is 0 Å². The Kier molecular flexibility index (Phi) is 1.26. The second kappa shape index (κ2) is 1.98. The molecule has 1 saturated carbocycles. The Labute approximate surface area is 56.8 Å². The lowest BCUT2D eigenvalue weighted by atomic mass is 10.2. The van der Waals surface area contributed by atoms with Gasteiger partial charge in [0.2, 0.25) is 0 Å². The van der Waals surface area contributed by atoms with E-state index >= 15 is 0 Å². The van der Waals surface area contributed by atoms with Crippen LogP contribution in [-0.2, 0) is 0 Å². The molecule has 1 aliphatic carbocycles. The molecule has 0 aromatic heterocycles. The molecule has 0 bridgehead atoms. The number of rotatable bonds is 1. The van der Waals surface area contributed by atoms with Gasteiger partial charge in [-0.1, -0.05) is 13.3 Å². The molecule has 0 aromatic rings. The average molecular weight is 125 g/mol. The van der Waals surface area contributed by atoms with Crippen molar-refractivity contribution in [1.29, 1.82) is 0 Å². The van der Waals surface area contributed by atoms with Crippen LogP contribution in [0.25, 0.3) is 0 Å². The highest BCUT2D eigenvalue weighted by molar-refractivity contribution is 4.99. The third-order valence-corrected chi connectivity index (χ3v) is 3.01. The van der Waals surface area contributed by atoms with Crippen LogP contribution in [0.4, 0.5) is 0 Å². The summed E-state index contributed by atoms with van der Waals surface area (Å²) in [5.74, 6) is 3.29. The third-order valence-electron chi connectivity index (χ3n) is 3.01. The van der Waals surface area contributed by atoms with Gasteiger partial charge < -0.3 is 5.32 Å². The lowest BCUT2D eigenvalue weighted by Crippen LogP contribution is -2.23. The first-order valence-corrected chi connectivity index (χ1v) is 4.14. The molecule has 1 saturated heterocycles. The van der Waals surface area contributed by atoms with Crippen molar-refractivity contribution in [2.75, 3.05) is 13.1 Å². The van der Waals surface area contributed by atoms with Crippen LogP contribution in [0.5, 0.6) is 0 Å². The standard InChI is InChI=1S/C8H15N/c1-2-6-7-3-4-9-5-8(6)7/h6-9H,2-5H2,1H3/t6-,7?,8+/m0/s1. The summed E-state index contributed by atoms with van der Waals surface area (Å²) >= 11 is 0. The Hall–Kier alpha value is -0.0400. The summed E-state index contributed by atoms with van der Waals surface area (Å²) in [4.78, 5) is 0. The zero-order valence-corrected chi connectivity index (χ0v) is 6.06. The number of hydrogen-bond donors (Lipinski definition) is 1. The SMILES string of the molecule is CC[C@H]1C2CCNC[C@@H]21. The van der Waals surface area contributed by atoms with Gasteiger partial charge in [0.25, 0.3) is 0 Å². The molecule has 2 aliphatic rings. The number of fused-ring (bicyclic) bond motifs is 1. The first kappa shape index (κ1) is 5.72. The molecule has 0 spiro atoms. The molecule has 9 heavy (non-hydrogen) atoms. The van der Waals surface area contributed by atoms with Crippen LogP contribution in [0.1, 0.15) is 19.8 Å². The Morgan fingerprint density at radius 1 is 1.44 bits per heavy atom. The van der Waals surface area contributed by atoms with Crippen molar-refractivity contribution in [3.05, 3.63) is 0 Å². The Balaban J connectivity index is 1.91. The Morgan fingerprint density at radius 2 is 2.33 bits per heavy atom. The molecule has 2 fully saturated rings. The van der Waals surface area contributed by atoms with Gasteiger partial charge in [0, 0.05) is 0 Å². The second-order valence-electron chi connectivity index (χ2n) is 3.39. The monoisotopic (exact) mass is 125 g/mol. The van der Waals surface area contributed by atoms with E-state index in [1.807, 2.05) is 0 Å². The van der Waals surface area contributed by atoms with Crippen LogP contribution in [0, 0.1) is 17.8 Å². The van der Waals surface area contributed by atoms with E-state index in [1.165, 1.54) is 25.9 Å². The van der Waals surface area contributed by atoms with Crippen molar-refractivity contribution in [2.45, 2.75) is 19.8 Å². The van der Waals surface area contributed by atoms with E-state index in [1.54, 1.807) is 0 Å². The van der Waals surface area contributed by atoms with Crippen molar-refractivity contribution in [2.24, 2.45) is 17.8 Å². The fraction of sp³-hybridized carbons (Fsp3) is 1.00. The van der Waals surface area contributed by atoms with Crippen LogP contribution in [-0.4, -0.2) is 13.1 Å². The summed E-state index contributed by atoms with van der Waals surface area (Å²) < 4.78 is 0. The molecule has 0 radical (unpaired) electrons. The smallest absolute Gasteiger partial charge is 0.00150 e. The summed E-state index contributed by atoms with van der Waals surface area (Å²) in [5, 5.41) is 3.44. The van der Waals surface area contributed by atoms with Gasteiger partial charge in [-0.2, -0.15) is 0 Å². The maximum absolute atomic E-state index is 3.44. The lowest BCUT2D eigenvalue weighted by Gasteiger charge is -2.08. The van der Waals surface area contributed by atoms with Gasteiger partial charge in [-0.05, 0) is 37.3 Å². The summed E-state index contributed by atoms with van der Waals surface area (Å²) in [7, 11) is 0. The molecule has 2 rings (SSSR count). The maximum Gasteiger partial charge on any atom is -0.00150 e. The van der Waals surface area contributed by atoms with E-state index in [2.05, 4.69) is 12.2 Å². The van der Waals surface area contributed by atoms with Gasteiger partial charge in [0.05, 0.1) is 0 Å². The molecule has 1 unspecified atom stereocenters. The zero-order chi connectivity index (χ0) is 6.27. The minimum absolute atomic E-state index is 1.07. The van der Waals surface area contributed by atoms with Crippen molar-refractivity contribution in [1.82, 2.24) is 5.32 Å². The maximum atomic E-state index is 3.44. The largest absolute Gasteiger partial charge is 0.316 e. The number of hydrogen-bond acceptors (Lipinski definition) is 1. The van der Waals surface area contributed by atoms with E-state index in [0.717, 1.165) is 17.8 Å². The molecule has 1 nitrogen and oxygen atoms in total. The number of nitrogens with one attached hydrogen (secondary N) is 1. The Morgan fingerprint density at radius 3 is 2.89 bits per heavy atom. The van der Waals surface area contributed by atoms with Crippen molar-refractivity contribution in [3.8, 4) is 0 Å². The molecule has 52 valence electrons. The van der Waals surface area contributed by atoms with Gasteiger partial charge in [-0.15, -0.1) is 0 Å². The molecule has 1 heterocycles. The van der Waals surface area contributed by atoms with Crippen LogP contribution >= 0.6 is 0 Å². The Bertz CT molecular complexity index is 92.4. The molecule has 1 N–H and O–H groups in total. The minimum Gasteiger partial charge on any atom is -0.316 e. The highest BCUT2D eigenvalue weighted by Gasteiger charge is 2.48. The van der Waals surface area contributed by atoms with Crippen LogP contribution in [0.2, 0.25) is 0 Å². The molecule has 0 aromatic carbocycles. The summed E-state index contributed by atoms with van der Waals surface area (Å²) in [6, 6.07) is 0. The van der Waals surface area contributed by atoms with Gasteiger partial charge in [-0.25, -0.2) is 0 Å². The summed E-state index contributed by atoms with van der Waals surface area (Å²) in [6.45, 7) is 4.91. The molecule has 0 amide bonds. The van der Waals surface area contributed by atoms with Crippen LogP contribution < -0.4 is 5.32 Å². The number of piperidine rings is 1. The normalized spacial score (nSPS) is 48.3. The van der Waals surface area contributed by atoms with E-state index in [9.17, 15) is 0 Å². The summed E-state index contributed by atoms with van der Waals surface area (Å²) in [6.07, 6.45) is 2.86. The fourth-order valence-corrected chi connectivity index (χ4v) is 2.40. The molecular weight excluding hydrogens is 110 g/mol. The molecule has 1 heteroatoms. The van der Waals surface area contributed by atoms with Crippen LogP contribution in [0.3, 0.4) is 0 Å². The highest BCUT2D eigenvalue weighted by Crippen LogP contribution is 2.51. The highest BCUT2D eigenvalue weighted by atomic mass is 14.9.